The predicted molar refractivity (Wildman–Crippen MR) is 96.2 cm³/mol. The molecule has 0 N–H and O–H groups in total. The van der Waals surface area contributed by atoms with Crippen LogP contribution in [0.2, 0.25) is 0 Å². The van der Waals surface area contributed by atoms with Crippen molar-refractivity contribution in [2.24, 2.45) is 5.92 Å². The third-order valence-electron chi connectivity index (χ3n) is 4.07. The van der Waals surface area contributed by atoms with Crippen molar-refractivity contribution in [3.05, 3.63) is 35.9 Å². The summed E-state index contributed by atoms with van der Waals surface area (Å²) in [5, 5.41) is 0. The van der Waals surface area contributed by atoms with Crippen LogP contribution in [0.1, 0.15) is 25.3 Å². The fourth-order valence-electron chi connectivity index (χ4n) is 2.81. The van der Waals surface area contributed by atoms with Gasteiger partial charge >= 0.3 is 5.97 Å². The van der Waals surface area contributed by atoms with Crippen LogP contribution in [0, 0.1) is 5.92 Å². The highest BCUT2D eigenvalue weighted by atomic mass is 32.2. The first-order chi connectivity index (χ1) is 12.0. The minimum Gasteiger partial charge on any atom is -0.462 e. The monoisotopic (exact) mass is 370 g/mol. The van der Waals surface area contributed by atoms with E-state index in [-0.39, 0.29) is 25.4 Å². The first-order valence-corrected chi connectivity index (χ1v) is 9.43. The summed E-state index contributed by atoms with van der Waals surface area (Å²) in [7, 11) is 1.66. The summed E-state index contributed by atoms with van der Waals surface area (Å²) in [5.74, 6) is 0.0917. The molecule has 3 nitrogen and oxygen atoms in total. The molecule has 0 aromatic heterocycles. The lowest BCUT2D eigenvalue weighted by molar-refractivity contribution is -0.136. The highest BCUT2D eigenvalue weighted by molar-refractivity contribution is 7.99. The molecule has 0 amide bonds. The maximum absolute atomic E-state index is 13.4. The Bertz CT molecular complexity index is 579. The smallest absolute Gasteiger partial charge is 0.338 e. The number of hydrogen-bond acceptors (Lipinski definition) is 4. The van der Waals surface area contributed by atoms with Gasteiger partial charge in [-0.1, -0.05) is 18.2 Å². The van der Waals surface area contributed by atoms with Gasteiger partial charge in [0.25, 0.3) is 0 Å². The first-order valence-electron chi connectivity index (χ1n) is 8.44. The molecule has 0 bridgehead atoms. The van der Waals surface area contributed by atoms with E-state index in [4.69, 9.17) is 9.47 Å². The van der Waals surface area contributed by atoms with Gasteiger partial charge in [0.05, 0.1) is 18.8 Å². The van der Waals surface area contributed by atoms with Crippen molar-refractivity contribution in [1.82, 2.24) is 0 Å². The maximum atomic E-state index is 13.4. The minimum absolute atomic E-state index is 0.106. The fourth-order valence-corrected chi connectivity index (χ4v) is 3.62. The van der Waals surface area contributed by atoms with Gasteiger partial charge in [0.15, 0.2) is 0 Å². The standard InChI is InChI=1S/C19H24F2O3S/c1-3-24-19(22)16(10-13-11-17(20)18(21)12-13)14-4-6-15(7-5-14)25-9-8-23-2/h4-7,10,13,17-18H,3,8-9,11-12H2,1-2H3/b16-10+/t13?,17-,18+. The molecule has 1 fully saturated rings. The fraction of sp³-hybridized carbons (Fsp3) is 0.526. The Balaban J connectivity index is 2.16. The number of halogens is 2. The number of esters is 1. The lowest BCUT2D eigenvalue weighted by atomic mass is 9.98. The molecule has 0 aliphatic heterocycles. The average Bonchev–Trinajstić information content (AvgIpc) is 2.92. The molecule has 3 atom stereocenters. The zero-order chi connectivity index (χ0) is 18.2. The summed E-state index contributed by atoms with van der Waals surface area (Å²) >= 11 is 1.66. The van der Waals surface area contributed by atoms with Gasteiger partial charge in [0.1, 0.15) is 12.3 Å². The Hall–Kier alpha value is -1.40. The topological polar surface area (TPSA) is 35.5 Å². The van der Waals surface area contributed by atoms with Crippen LogP contribution in [-0.4, -0.2) is 44.4 Å². The number of allylic oxidation sites excluding steroid dienone is 1. The molecule has 0 heterocycles. The second-order valence-electron chi connectivity index (χ2n) is 5.93. The Morgan fingerprint density at radius 1 is 1.24 bits per heavy atom. The number of benzene rings is 1. The zero-order valence-electron chi connectivity index (χ0n) is 14.5. The van der Waals surface area contributed by atoms with E-state index in [0.29, 0.717) is 17.7 Å². The Labute approximate surface area is 151 Å². The second-order valence-corrected chi connectivity index (χ2v) is 7.10. The molecule has 0 saturated heterocycles. The van der Waals surface area contributed by atoms with Gasteiger partial charge in [-0.05, 0) is 43.4 Å². The number of methoxy groups -OCH3 is 1. The number of ether oxygens (including phenoxy) is 2. The van der Waals surface area contributed by atoms with Gasteiger partial charge < -0.3 is 9.47 Å². The Morgan fingerprint density at radius 2 is 1.88 bits per heavy atom. The zero-order valence-corrected chi connectivity index (χ0v) is 15.4. The summed E-state index contributed by atoms with van der Waals surface area (Å²) in [6.45, 7) is 2.65. The van der Waals surface area contributed by atoms with E-state index >= 15 is 0 Å². The molecule has 1 aliphatic rings. The molecule has 0 radical (unpaired) electrons. The van der Waals surface area contributed by atoms with Crippen LogP contribution in [-0.2, 0) is 14.3 Å². The molecule has 1 aromatic rings. The maximum Gasteiger partial charge on any atom is 0.338 e. The third-order valence-corrected chi connectivity index (χ3v) is 5.04. The average molecular weight is 370 g/mol. The predicted octanol–water partition coefficient (Wildman–Crippen LogP) is 4.46. The summed E-state index contributed by atoms with van der Waals surface area (Å²) in [6.07, 6.45) is -1.03. The van der Waals surface area contributed by atoms with Crippen LogP contribution < -0.4 is 0 Å². The van der Waals surface area contributed by atoms with Gasteiger partial charge in [-0.25, -0.2) is 13.6 Å². The first kappa shape index (κ1) is 19.9. The summed E-state index contributed by atoms with van der Waals surface area (Å²) < 4.78 is 37.0. The molecule has 138 valence electrons. The van der Waals surface area contributed by atoms with Crippen LogP contribution in [0.3, 0.4) is 0 Å². The number of carbonyl (C=O) groups excluding carboxylic acids is 1. The van der Waals surface area contributed by atoms with Crippen LogP contribution >= 0.6 is 11.8 Å². The summed E-state index contributed by atoms with van der Waals surface area (Å²) in [4.78, 5) is 13.4. The molecule has 2 rings (SSSR count). The van der Waals surface area contributed by atoms with E-state index in [0.717, 1.165) is 10.6 Å². The quantitative estimate of drug-likeness (QED) is 0.293. The van der Waals surface area contributed by atoms with Crippen molar-refractivity contribution >= 4 is 23.3 Å². The number of alkyl halides is 2. The van der Waals surface area contributed by atoms with Gasteiger partial charge in [-0.3, -0.25) is 0 Å². The largest absolute Gasteiger partial charge is 0.462 e. The van der Waals surface area contributed by atoms with Crippen molar-refractivity contribution in [2.75, 3.05) is 26.1 Å². The van der Waals surface area contributed by atoms with Crippen molar-refractivity contribution in [1.29, 1.82) is 0 Å². The van der Waals surface area contributed by atoms with Gasteiger partial charge in [0.2, 0.25) is 0 Å². The number of hydrogen-bond donors (Lipinski definition) is 0. The highest BCUT2D eigenvalue weighted by Crippen LogP contribution is 2.34. The highest BCUT2D eigenvalue weighted by Gasteiger charge is 2.34. The molecule has 1 aliphatic carbocycles. The van der Waals surface area contributed by atoms with Crippen molar-refractivity contribution < 1.29 is 23.0 Å². The SMILES string of the molecule is CCOC(=O)/C(=C/C1C[C@@H](F)[C@@H](F)C1)c1ccc(SCCOC)cc1. The third kappa shape index (κ3) is 5.82. The molecule has 0 spiro atoms. The summed E-state index contributed by atoms with van der Waals surface area (Å²) in [5.41, 5.74) is 1.08. The number of rotatable bonds is 8. The van der Waals surface area contributed by atoms with Gasteiger partial charge in [0, 0.05) is 17.8 Å². The van der Waals surface area contributed by atoms with E-state index < -0.39 is 18.3 Å². The minimum atomic E-state index is -1.45. The lowest BCUT2D eigenvalue weighted by Crippen LogP contribution is -2.08. The van der Waals surface area contributed by atoms with Crippen LogP contribution in [0.15, 0.2) is 35.2 Å². The molecular weight excluding hydrogens is 346 g/mol. The van der Waals surface area contributed by atoms with Crippen molar-refractivity contribution in [3.63, 3.8) is 0 Å². The second kappa shape index (κ2) is 9.92. The normalized spacial score (nSPS) is 23.7. The molecule has 6 heteroatoms. The van der Waals surface area contributed by atoms with E-state index in [9.17, 15) is 13.6 Å². The lowest BCUT2D eigenvalue weighted by Gasteiger charge is -2.11. The summed E-state index contributed by atoms with van der Waals surface area (Å²) in [6, 6.07) is 7.53. The Kier molecular flexibility index (Phi) is 7.90. The van der Waals surface area contributed by atoms with Crippen LogP contribution in [0.5, 0.6) is 0 Å². The molecule has 25 heavy (non-hydrogen) atoms. The van der Waals surface area contributed by atoms with E-state index in [1.165, 1.54) is 0 Å². The number of thioether (sulfide) groups is 1. The number of carbonyl (C=O) groups is 1. The van der Waals surface area contributed by atoms with Gasteiger partial charge in [-0.2, -0.15) is 0 Å². The van der Waals surface area contributed by atoms with Gasteiger partial charge in [-0.15, -0.1) is 11.8 Å². The van der Waals surface area contributed by atoms with Crippen molar-refractivity contribution in [3.8, 4) is 0 Å². The molecular formula is C19H24F2O3S. The van der Waals surface area contributed by atoms with Crippen LogP contribution in [0.4, 0.5) is 8.78 Å². The molecule has 1 unspecified atom stereocenters. The van der Waals surface area contributed by atoms with E-state index in [2.05, 4.69) is 0 Å². The van der Waals surface area contributed by atoms with Crippen molar-refractivity contribution in [2.45, 2.75) is 37.0 Å². The Morgan fingerprint density at radius 3 is 2.44 bits per heavy atom. The van der Waals surface area contributed by atoms with Crippen LogP contribution in [0.25, 0.3) is 5.57 Å². The van der Waals surface area contributed by atoms with E-state index in [1.54, 1.807) is 31.9 Å². The molecule has 1 saturated carbocycles. The van der Waals surface area contributed by atoms with E-state index in [1.807, 2.05) is 24.3 Å². The molecule has 1 aromatic carbocycles.